The zero-order chi connectivity index (χ0) is 13.1. The minimum atomic E-state index is -3.01. The molecule has 0 aromatic heterocycles. The number of hydrogen-bond acceptors (Lipinski definition) is 5. The second-order valence-corrected chi connectivity index (χ2v) is 6.82. The minimum Gasteiger partial charge on any atom is -0.392 e. The molecule has 0 aromatic carbocycles. The predicted molar refractivity (Wildman–Crippen MR) is 64.4 cm³/mol. The third kappa shape index (κ3) is 5.01. The lowest BCUT2D eigenvalue weighted by Crippen LogP contribution is -2.48. The average molecular weight is 264 g/mol. The van der Waals surface area contributed by atoms with Gasteiger partial charge in [0.05, 0.1) is 17.6 Å². The third-order valence-corrected chi connectivity index (χ3v) is 4.42. The van der Waals surface area contributed by atoms with Crippen LogP contribution in [0.25, 0.3) is 0 Å². The average Bonchev–Trinajstić information content (AvgIpc) is 2.14. The van der Waals surface area contributed by atoms with Crippen LogP contribution in [0.3, 0.4) is 0 Å². The summed E-state index contributed by atoms with van der Waals surface area (Å²) in [5, 5.41) is 12.2. The van der Waals surface area contributed by atoms with Crippen LogP contribution in [0.15, 0.2) is 0 Å². The molecule has 7 heteroatoms. The van der Waals surface area contributed by atoms with Gasteiger partial charge in [0, 0.05) is 32.6 Å². The molecule has 0 bridgehead atoms. The number of amides is 1. The highest BCUT2D eigenvalue weighted by molar-refractivity contribution is 7.91. The molecule has 6 nitrogen and oxygen atoms in total. The zero-order valence-corrected chi connectivity index (χ0v) is 11.0. The van der Waals surface area contributed by atoms with E-state index in [0.717, 1.165) is 0 Å². The standard InChI is InChI=1S/C10H20N2O4S/c1-8(13)6-12(2)10(14)5-9-7-17(15,16)4-3-11-9/h8-9,11,13H,3-7H2,1-2H3. The van der Waals surface area contributed by atoms with E-state index in [2.05, 4.69) is 5.32 Å². The second-order valence-electron chi connectivity index (χ2n) is 4.59. The Morgan fingerprint density at radius 3 is 2.76 bits per heavy atom. The van der Waals surface area contributed by atoms with E-state index in [1.165, 1.54) is 4.90 Å². The van der Waals surface area contributed by atoms with Crippen molar-refractivity contribution in [1.82, 2.24) is 10.2 Å². The lowest BCUT2D eigenvalue weighted by molar-refractivity contribution is -0.131. The molecule has 0 saturated carbocycles. The molecule has 2 N–H and O–H groups in total. The number of likely N-dealkylation sites (N-methyl/N-ethyl adjacent to an activating group) is 1. The fourth-order valence-corrected chi connectivity index (χ4v) is 3.31. The van der Waals surface area contributed by atoms with Crippen molar-refractivity contribution in [2.24, 2.45) is 0 Å². The summed E-state index contributed by atoms with van der Waals surface area (Å²) in [6.07, 6.45) is -0.422. The van der Waals surface area contributed by atoms with Gasteiger partial charge in [0.25, 0.3) is 0 Å². The molecule has 1 heterocycles. The first-order chi connectivity index (χ1) is 7.80. The number of rotatable bonds is 4. The Bertz CT molecular complexity index is 367. The topological polar surface area (TPSA) is 86.7 Å². The summed E-state index contributed by atoms with van der Waals surface area (Å²) in [6.45, 7) is 2.27. The third-order valence-electron chi connectivity index (χ3n) is 2.69. The number of carbonyl (C=O) groups excluding carboxylic acids is 1. The SMILES string of the molecule is CC(O)CN(C)C(=O)CC1CS(=O)(=O)CCN1. The molecule has 1 fully saturated rings. The van der Waals surface area contributed by atoms with Gasteiger partial charge < -0.3 is 15.3 Å². The van der Waals surface area contributed by atoms with Gasteiger partial charge in [-0.1, -0.05) is 0 Å². The molecule has 2 unspecified atom stereocenters. The number of nitrogens with one attached hydrogen (secondary N) is 1. The van der Waals surface area contributed by atoms with E-state index in [4.69, 9.17) is 5.11 Å². The van der Waals surface area contributed by atoms with Crippen molar-refractivity contribution in [3.05, 3.63) is 0 Å². The van der Waals surface area contributed by atoms with Gasteiger partial charge in [-0.15, -0.1) is 0 Å². The molecule has 1 saturated heterocycles. The predicted octanol–water partition coefficient (Wildman–Crippen LogP) is -1.40. The van der Waals surface area contributed by atoms with Crippen LogP contribution in [0, 0.1) is 0 Å². The molecule has 0 aromatic rings. The number of hydrogen-bond donors (Lipinski definition) is 2. The second kappa shape index (κ2) is 5.79. The highest BCUT2D eigenvalue weighted by atomic mass is 32.2. The molecule has 2 atom stereocenters. The Balaban J connectivity index is 2.46. The summed E-state index contributed by atoms with van der Waals surface area (Å²) in [5.74, 6) is 0.00291. The van der Waals surface area contributed by atoms with Crippen molar-refractivity contribution in [3.63, 3.8) is 0 Å². The summed E-state index contributed by atoms with van der Waals surface area (Å²) >= 11 is 0. The van der Waals surface area contributed by atoms with Gasteiger partial charge >= 0.3 is 0 Å². The van der Waals surface area contributed by atoms with Crippen molar-refractivity contribution in [3.8, 4) is 0 Å². The number of aliphatic hydroxyl groups is 1. The summed E-state index contributed by atoms with van der Waals surface area (Å²) in [7, 11) is -1.41. The van der Waals surface area contributed by atoms with E-state index < -0.39 is 15.9 Å². The Labute approximate surface area is 102 Å². The molecular weight excluding hydrogens is 244 g/mol. The van der Waals surface area contributed by atoms with Gasteiger partial charge in [-0.3, -0.25) is 4.79 Å². The van der Waals surface area contributed by atoms with Crippen molar-refractivity contribution in [1.29, 1.82) is 0 Å². The maximum absolute atomic E-state index is 11.7. The number of sulfone groups is 1. The zero-order valence-electron chi connectivity index (χ0n) is 10.2. The number of aliphatic hydroxyl groups excluding tert-OH is 1. The largest absolute Gasteiger partial charge is 0.392 e. The summed E-state index contributed by atoms with van der Waals surface area (Å²) in [5.41, 5.74) is 0. The first-order valence-electron chi connectivity index (χ1n) is 5.66. The first kappa shape index (κ1) is 14.4. The molecular formula is C10H20N2O4S. The highest BCUT2D eigenvalue weighted by Gasteiger charge is 2.27. The van der Waals surface area contributed by atoms with Crippen molar-refractivity contribution < 1.29 is 18.3 Å². The van der Waals surface area contributed by atoms with E-state index in [1.807, 2.05) is 0 Å². The van der Waals surface area contributed by atoms with Crippen LogP contribution in [0.4, 0.5) is 0 Å². The van der Waals surface area contributed by atoms with Gasteiger partial charge in [0.1, 0.15) is 0 Å². The Kier molecular flexibility index (Phi) is 4.91. The van der Waals surface area contributed by atoms with E-state index in [0.29, 0.717) is 6.54 Å². The highest BCUT2D eigenvalue weighted by Crippen LogP contribution is 2.06. The molecule has 100 valence electrons. The fraction of sp³-hybridized carbons (Fsp3) is 0.900. The van der Waals surface area contributed by atoms with E-state index in [-0.39, 0.29) is 36.4 Å². The molecule has 1 amide bonds. The maximum atomic E-state index is 11.7. The smallest absolute Gasteiger partial charge is 0.224 e. The van der Waals surface area contributed by atoms with Crippen LogP contribution in [0.1, 0.15) is 13.3 Å². The summed E-state index contributed by atoms with van der Waals surface area (Å²) in [4.78, 5) is 13.2. The molecule has 1 aliphatic heterocycles. The molecule has 0 spiro atoms. The molecule has 0 radical (unpaired) electrons. The van der Waals surface area contributed by atoms with E-state index in [9.17, 15) is 13.2 Å². The lowest BCUT2D eigenvalue weighted by atomic mass is 10.2. The van der Waals surface area contributed by atoms with Crippen LogP contribution < -0.4 is 5.32 Å². The first-order valence-corrected chi connectivity index (χ1v) is 7.48. The van der Waals surface area contributed by atoms with E-state index in [1.54, 1.807) is 14.0 Å². The van der Waals surface area contributed by atoms with Crippen LogP contribution in [-0.2, 0) is 14.6 Å². The van der Waals surface area contributed by atoms with Gasteiger partial charge in [-0.25, -0.2) is 8.42 Å². The molecule has 1 rings (SSSR count). The minimum absolute atomic E-state index is 0.0151. The Hall–Kier alpha value is -0.660. The monoisotopic (exact) mass is 264 g/mol. The van der Waals surface area contributed by atoms with Crippen LogP contribution >= 0.6 is 0 Å². The van der Waals surface area contributed by atoms with Crippen LogP contribution in [0.5, 0.6) is 0 Å². The molecule has 1 aliphatic rings. The molecule has 17 heavy (non-hydrogen) atoms. The Morgan fingerprint density at radius 1 is 1.59 bits per heavy atom. The lowest BCUT2D eigenvalue weighted by Gasteiger charge is -2.26. The maximum Gasteiger partial charge on any atom is 0.224 e. The summed E-state index contributed by atoms with van der Waals surface area (Å²) < 4.78 is 22.8. The normalized spacial score (nSPS) is 25.2. The Morgan fingerprint density at radius 2 is 2.24 bits per heavy atom. The van der Waals surface area contributed by atoms with Crippen molar-refractivity contribution >= 4 is 15.7 Å². The number of nitrogens with zero attached hydrogens (tertiary/aromatic N) is 1. The van der Waals surface area contributed by atoms with Crippen molar-refractivity contribution in [2.45, 2.75) is 25.5 Å². The number of carbonyl (C=O) groups is 1. The van der Waals surface area contributed by atoms with E-state index >= 15 is 0 Å². The quantitative estimate of drug-likeness (QED) is 0.652. The summed E-state index contributed by atoms with van der Waals surface area (Å²) in [6, 6.07) is -0.308. The van der Waals surface area contributed by atoms with Crippen LogP contribution in [0.2, 0.25) is 0 Å². The van der Waals surface area contributed by atoms with Gasteiger partial charge in [0.15, 0.2) is 9.84 Å². The fourth-order valence-electron chi connectivity index (χ4n) is 1.86. The van der Waals surface area contributed by atoms with Gasteiger partial charge in [-0.05, 0) is 6.92 Å². The van der Waals surface area contributed by atoms with Crippen LogP contribution in [-0.4, -0.2) is 68.1 Å². The van der Waals surface area contributed by atoms with Gasteiger partial charge in [0.2, 0.25) is 5.91 Å². The molecule has 0 aliphatic carbocycles. The van der Waals surface area contributed by atoms with Gasteiger partial charge in [-0.2, -0.15) is 0 Å². The van der Waals surface area contributed by atoms with Crippen molar-refractivity contribution in [2.75, 3.05) is 31.6 Å².